The highest BCUT2D eigenvalue weighted by Gasteiger charge is 2.34. The number of aromatic nitrogens is 2. The second-order valence-electron chi connectivity index (χ2n) is 9.02. The molecule has 0 bridgehead atoms. The molecule has 0 aliphatic carbocycles. The van der Waals surface area contributed by atoms with E-state index in [1.165, 1.54) is 37.6 Å². The molecule has 0 saturated carbocycles. The second-order valence-corrected chi connectivity index (χ2v) is 9.02. The first-order valence-electron chi connectivity index (χ1n) is 11.8. The maximum atomic E-state index is 15.1. The average Bonchev–Trinajstić information content (AvgIpc) is 3.36. The number of benzene rings is 2. The van der Waals surface area contributed by atoms with Gasteiger partial charge in [0.05, 0.1) is 18.5 Å². The largest absolute Gasteiger partial charge is 0.477 e. The number of alkyl halides is 1. The summed E-state index contributed by atoms with van der Waals surface area (Å²) in [6, 6.07) is 7.27. The molecule has 3 N–H and O–H groups in total. The Morgan fingerprint density at radius 2 is 1.97 bits per heavy atom. The molecule has 1 atom stereocenters. The van der Waals surface area contributed by atoms with Crippen molar-refractivity contribution in [2.75, 3.05) is 26.8 Å². The number of rotatable bonds is 7. The first kappa shape index (κ1) is 26.2. The van der Waals surface area contributed by atoms with Crippen LogP contribution in [0.5, 0.6) is 11.5 Å². The van der Waals surface area contributed by atoms with Crippen LogP contribution in [-0.2, 0) is 11.2 Å². The molecule has 12 heteroatoms. The van der Waals surface area contributed by atoms with Crippen molar-refractivity contribution < 1.29 is 36.9 Å². The van der Waals surface area contributed by atoms with Gasteiger partial charge in [-0.25, -0.2) is 22.5 Å². The van der Waals surface area contributed by atoms with Crippen molar-refractivity contribution in [3.8, 4) is 22.6 Å². The molecule has 8 nitrogen and oxygen atoms in total. The van der Waals surface area contributed by atoms with Crippen LogP contribution in [0.15, 0.2) is 53.8 Å². The molecule has 3 heterocycles. The smallest absolute Gasteiger partial charge is 0.251 e. The van der Waals surface area contributed by atoms with Gasteiger partial charge in [-0.15, -0.1) is 0 Å². The van der Waals surface area contributed by atoms with Crippen LogP contribution in [0.4, 0.5) is 17.6 Å². The van der Waals surface area contributed by atoms with E-state index in [-0.39, 0.29) is 35.7 Å². The van der Waals surface area contributed by atoms with Crippen LogP contribution in [-0.4, -0.2) is 59.4 Å². The van der Waals surface area contributed by atoms with Crippen LogP contribution < -0.4 is 10.1 Å². The van der Waals surface area contributed by atoms with Crippen LogP contribution in [0.1, 0.15) is 15.9 Å². The molecular formula is C27H22F4N4O4. The maximum Gasteiger partial charge on any atom is 0.251 e. The molecule has 39 heavy (non-hydrogen) atoms. The normalized spacial score (nSPS) is 17.0. The third-order valence-corrected chi connectivity index (χ3v) is 6.18. The number of pyridine rings is 1. The molecule has 0 saturated heterocycles. The molecule has 1 aliphatic rings. The van der Waals surface area contributed by atoms with E-state index in [1.807, 2.05) is 0 Å². The maximum absolute atomic E-state index is 15.1. The fourth-order valence-corrected chi connectivity index (χ4v) is 4.19. The number of fused-ring (bicyclic) bond motifs is 1. The van der Waals surface area contributed by atoms with Crippen LogP contribution in [0.2, 0.25) is 0 Å². The predicted octanol–water partition coefficient (Wildman–Crippen LogP) is 4.47. The summed E-state index contributed by atoms with van der Waals surface area (Å²) in [6.07, 6.45) is 2.81. The average molecular weight is 542 g/mol. The highest BCUT2D eigenvalue weighted by atomic mass is 19.1. The molecule has 0 spiro atoms. The fraction of sp³-hybridized carbons (Fsp3) is 0.222. The molecule has 1 aliphatic heterocycles. The summed E-state index contributed by atoms with van der Waals surface area (Å²) in [7, 11) is 1.42. The zero-order valence-electron chi connectivity index (χ0n) is 20.5. The van der Waals surface area contributed by atoms with E-state index in [9.17, 15) is 13.6 Å². The summed E-state index contributed by atoms with van der Waals surface area (Å²) in [5.41, 5.74) is -0.698. The van der Waals surface area contributed by atoms with Crippen LogP contribution in [0, 0.1) is 17.5 Å². The van der Waals surface area contributed by atoms with Gasteiger partial charge in [0.25, 0.3) is 5.91 Å². The van der Waals surface area contributed by atoms with E-state index in [1.54, 1.807) is 0 Å². The zero-order chi connectivity index (χ0) is 27.7. The third kappa shape index (κ3) is 5.28. The zero-order valence-corrected chi connectivity index (χ0v) is 20.5. The first-order chi connectivity index (χ1) is 18.7. The molecule has 4 aromatic rings. The Kier molecular flexibility index (Phi) is 6.96. The van der Waals surface area contributed by atoms with Gasteiger partial charge < -0.3 is 24.9 Å². The van der Waals surface area contributed by atoms with Crippen LogP contribution in [0.25, 0.3) is 22.2 Å². The molecule has 2 aromatic heterocycles. The van der Waals surface area contributed by atoms with Gasteiger partial charge in [0.15, 0.2) is 29.0 Å². The Hall–Kier alpha value is -4.45. The van der Waals surface area contributed by atoms with Gasteiger partial charge in [-0.1, -0.05) is 0 Å². The number of halogens is 4. The lowest BCUT2D eigenvalue weighted by Crippen LogP contribution is -2.42. The summed E-state index contributed by atoms with van der Waals surface area (Å²) in [6.45, 7) is -1.49. The van der Waals surface area contributed by atoms with Gasteiger partial charge in [-0.3, -0.25) is 9.79 Å². The Bertz CT molecular complexity index is 1580. The van der Waals surface area contributed by atoms with Crippen molar-refractivity contribution in [2.45, 2.75) is 12.1 Å². The lowest BCUT2D eigenvalue weighted by molar-refractivity contribution is 0.0171. The van der Waals surface area contributed by atoms with Crippen molar-refractivity contribution in [1.82, 2.24) is 15.3 Å². The van der Waals surface area contributed by atoms with E-state index >= 15 is 8.78 Å². The Balaban J connectivity index is 1.47. The summed E-state index contributed by atoms with van der Waals surface area (Å²) < 4.78 is 69.4. The number of hydrogen-bond acceptors (Lipinski definition) is 6. The van der Waals surface area contributed by atoms with Crippen molar-refractivity contribution in [3.63, 3.8) is 0 Å². The molecule has 202 valence electrons. The molecular weight excluding hydrogens is 520 g/mol. The SMILES string of the molecule is CNC(=O)c1cc(F)cc(-c2c[nH]c3nccc(Oc4c(F)cc(CC5=NCC(F)(CO)CO5)cc4F)c23)c1. The minimum atomic E-state index is -1.99. The fourth-order valence-electron chi connectivity index (χ4n) is 4.19. The molecule has 1 amide bonds. The number of nitrogens with zero attached hydrogens (tertiary/aromatic N) is 2. The lowest BCUT2D eigenvalue weighted by Gasteiger charge is -2.26. The minimum Gasteiger partial charge on any atom is -0.477 e. The van der Waals surface area contributed by atoms with Gasteiger partial charge >= 0.3 is 0 Å². The number of ether oxygens (including phenoxy) is 2. The summed E-state index contributed by atoms with van der Waals surface area (Å²) in [5, 5.41) is 11.8. The quantitative estimate of drug-likeness (QED) is 0.299. The highest BCUT2D eigenvalue weighted by Crippen LogP contribution is 2.38. The molecule has 0 fully saturated rings. The monoisotopic (exact) mass is 542 g/mol. The number of aliphatic hydroxyl groups excluding tert-OH is 1. The predicted molar refractivity (Wildman–Crippen MR) is 134 cm³/mol. The van der Waals surface area contributed by atoms with Gasteiger partial charge in [0.1, 0.15) is 23.8 Å². The number of aromatic amines is 1. The molecule has 0 radical (unpaired) electrons. The van der Waals surface area contributed by atoms with Gasteiger partial charge in [0.2, 0.25) is 0 Å². The number of aliphatic imine (C=N–C) groups is 1. The summed E-state index contributed by atoms with van der Waals surface area (Å²) in [4.78, 5) is 23.1. The molecule has 2 aromatic carbocycles. The standard InChI is InChI=1S/C27H22F4N4O4/c1-32-26(37)16-7-15(8-17(28)9-16)18-10-34-25-23(18)21(2-3-33-25)39-24-19(29)4-14(5-20(24)30)6-22-35-11-27(31,12-36)13-38-22/h2-5,7-10,36H,6,11-13H2,1H3,(H,32,37)(H,33,34). The van der Waals surface area contributed by atoms with Gasteiger partial charge in [-0.05, 0) is 47.5 Å². The van der Waals surface area contributed by atoms with Gasteiger partial charge in [0, 0.05) is 37.0 Å². The summed E-state index contributed by atoms with van der Waals surface area (Å²) >= 11 is 0. The van der Waals surface area contributed by atoms with E-state index < -0.39 is 48.0 Å². The molecule has 1 unspecified atom stereocenters. The topological polar surface area (TPSA) is 109 Å². The van der Waals surface area contributed by atoms with Gasteiger partial charge in [-0.2, -0.15) is 0 Å². The number of amides is 1. The number of aliphatic hydroxyl groups is 1. The van der Waals surface area contributed by atoms with Crippen LogP contribution in [0.3, 0.4) is 0 Å². The number of carbonyl (C=O) groups is 1. The minimum absolute atomic E-state index is 0.0378. The number of nitrogens with one attached hydrogen (secondary N) is 2. The summed E-state index contributed by atoms with van der Waals surface area (Å²) in [5.74, 6) is -3.72. The van der Waals surface area contributed by atoms with E-state index in [0.717, 1.165) is 18.2 Å². The Morgan fingerprint density at radius 1 is 1.21 bits per heavy atom. The van der Waals surface area contributed by atoms with E-state index in [4.69, 9.17) is 14.6 Å². The van der Waals surface area contributed by atoms with Crippen molar-refractivity contribution in [2.24, 2.45) is 4.99 Å². The van der Waals surface area contributed by atoms with Crippen molar-refractivity contribution in [1.29, 1.82) is 0 Å². The van der Waals surface area contributed by atoms with Crippen LogP contribution >= 0.6 is 0 Å². The van der Waals surface area contributed by atoms with E-state index in [0.29, 0.717) is 22.2 Å². The number of carbonyl (C=O) groups excluding carboxylic acids is 1. The highest BCUT2D eigenvalue weighted by molar-refractivity contribution is 6.00. The molecule has 5 rings (SSSR count). The third-order valence-electron chi connectivity index (χ3n) is 6.18. The Morgan fingerprint density at radius 3 is 2.64 bits per heavy atom. The van der Waals surface area contributed by atoms with E-state index in [2.05, 4.69) is 20.3 Å². The second kappa shape index (κ2) is 10.4. The number of H-pyrrole nitrogens is 1. The lowest BCUT2D eigenvalue weighted by atomic mass is 10.0. The first-order valence-corrected chi connectivity index (χ1v) is 11.8. The van der Waals surface area contributed by atoms with Crippen molar-refractivity contribution >= 4 is 22.8 Å². The number of hydrogen-bond donors (Lipinski definition) is 3. The van der Waals surface area contributed by atoms with Crippen molar-refractivity contribution in [3.05, 3.63) is 77.4 Å². The Labute approximate surface area is 219 Å².